The lowest BCUT2D eigenvalue weighted by molar-refractivity contribution is 1.17. The number of rotatable bonds is 3. The van der Waals surface area contributed by atoms with Crippen LogP contribution >= 0.6 is 0 Å². The molecule has 4 heterocycles. The van der Waals surface area contributed by atoms with Crippen LogP contribution in [0.4, 0.5) is 0 Å². The molecule has 0 amide bonds. The van der Waals surface area contributed by atoms with E-state index in [9.17, 15) is 0 Å². The zero-order valence-electron chi connectivity index (χ0n) is 28.6. The molecule has 4 aromatic heterocycles. The number of hydrogen-bond acceptors (Lipinski definition) is 1. The van der Waals surface area contributed by atoms with Gasteiger partial charge in [-0.25, -0.2) is 0 Å². The van der Waals surface area contributed by atoms with Crippen molar-refractivity contribution < 1.29 is 0 Å². The van der Waals surface area contributed by atoms with E-state index in [4.69, 9.17) is 4.98 Å². The first-order valence-corrected chi connectivity index (χ1v) is 18.1. The highest BCUT2D eigenvalue weighted by Crippen LogP contribution is 2.44. The molecule has 0 atom stereocenters. The lowest BCUT2D eigenvalue weighted by Crippen LogP contribution is -1.99. The molecule has 0 fully saturated rings. The zero-order chi connectivity index (χ0) is 34.6. The van der Waals surface area contributed by atoms with Crippen LogP contribution in [0.2, 0.25) is 0 Å². The standard InChI is InChI=1S/C49H30N4/c1-2-20-38-37(19-1)47(52-43-23-9-5-17-35(43)36-18-6-10-24-44(36)52)30-40-39-29-32(51-41-21-7-3-15-33(41)34-16-4-8-22-42(34)51)26-27-45(39)53(49(38)40)46-25-11-13-31-14-12-28-50-48(31)46/h1-30H. The van der Waals surface area contributed by atoms with Crippen molar-refractivity contribution in [3.8, 4) is 17.1 Å². The number of aromatic nitrogens is 4. The predicted octanol–water partition coefficient (Wildman–Crippen LogP) is 12.7. The molecule has 4 heteroatoms. The topological polar surface area (TPSA) is 27.7 Å². The molecule has 0 bridgehead atoms. The van der Waals surface area contributed by atoms with Gasteiger partial charge >= 0.3 is 0 Å². The molecular formula is C49H30N4. The summed E-state index contributed by atoms with van der Waals surface area (Å²) in [6, 6.07) is 64.1. The first kappa shape index (κ1) is 28.5. The molecule has 0 aliphatic heterocycles. The van der Waals surface area contributed by atoms with Gasteiger partial charge in [0.1, 0.15) is 0 Å². The molecule has 0 spiro atoms. The smallest absolute Gasteiger partial charge is 0.0942 e. The van der Waals surface area contributed by atoms with Crippen molar-refractivity contribution in [3.63, 3.8) is 0 Å². The molecule has 0 aliphatic rings. The molecule has 0 aliphatic carbocycles. The van der Waals surface area contributed by atoms with Gasteiger partial charge in [0, 0.05) is 60.4 Å². The van der Waals surface area contributed by atoms with Crippen molar-refractivity contribution in [2.24, 2.45) is 0 Å². The van der Waals surface area contributed by atoms with Crippen LogP contribution in [0.15, 0.2) is 182 Å². The molecule has 0 N–H and O–H groups in total. The third-order valence-corrected chi connectivity index (χ3v) is 11.2. The van der Waals surface area contributed by atoms with Gasteiger partial charge in [-0.05, 0) is 60.7 Å². The van der Waals surface area contributed by atoms with Crippen LogP contribution < -0.4 is 0 Å². The Labute approximate surface area is 304 Å². The van der Waals surface area contributed by atoms with Gasteiger partial charge in [0.25, 0.3) is 0 Å². The number of pyridine rings is 1. The van der Waals surface area contributed by atoms with Crippen LogP contribution in [0.25, 0.3) is 104 Å². The van der Waals surface area contributed by atoms with E-state index >= 15 is 0 Å². The Hall–Kier alpha value is -7.17. The van der Waals surface area contributed by atoms with E-state index in [0.717, 1.165) is 27.8 Å². The summed E-state index contributed by atoms with van der Waals surface area (Å²) in [5.41, 5.74) is 11.5. The first-order valence-electron chi connectivity index (χ1n) is 18.1. The van der Waals surface area contributed by atoms with Crippen molar-refractivity contribution in [2.75, 3.05) is 0 Å². The van der Waals surface area contributed by atoms with E-state index in [1.54, 1.807) is 0 Å². The quantitative estimate of drug-likeness (QED) is 0.183. The van der Waals surface area contributed by atoms with E-state index in [-0.39, 0.29) is 0 Å². The number of fused-ring (bicyclic) bond motifs is 12. The van der Waals surface area contributed by atoms with Gasteiger partial charge in [-0.2, -0.15) is 0 Å². The van der Waals surface area contributed by atoms with E-state index in [0.29, 0.717) is 0 Å². The lowest BCUT2D eigenvalue weighted by atomic mass is 10.0. The maximum Gasteiger partial charge on any atom is 0.0942 e. The summed E-state index contributed by atoms with van der Waals surface area (Å²) in [6.45, 7) is 0. The van der Waals surface area contributed by atoms with Crippen LogP contribution in [0, 0.1) is 0 Å². The summed E-state index contributed by atoms with van der Waals surface area (Å²) in [4.78, 5) is 4.95. The summed E-state index contributed by atoms with van der Waals surface area (Å²) in [6.07, 6.45) is 1.90. The third-order valence-electron chi connectivity index (χ3n) is 11.2. The lowest BCUT2D eigenvalue weighted by Gasteiger charge is -2.15. The average Bonchev–Trinajstić information content (AvgIpc) is 3.86. The Morgan fingerprint density at radius 1 is 0.321 bits per heavy atom. The van der Waals surface area contributed by atoms with Crippen molar-refractivity contribution in [1.29, 1.82) is 0 Å². The molecule has 0 saturated carbocycles. The van der Waals surface area contributed by atoms with E-state index in [1.165, 1.54) is 76.4 Å². The average molecular weight is 675 g/mol. The number of nitrogens with zero attached hydrogens (tertiary/aromatic N) is 4. The Bertz CT molecular complexity index is 3360. The van der Waals surface area contributed by atoms with Gasteiger partial charge in [0.05, 0.1) is 50.0 Å². The summed E-state index contributed by atoms with van der Waals surface area (Å²) in [7, 11) is 0. The Kier molecular flexibility index (Phi) is 5.74. The number of benzene rings is 8. The highest BCUT2D eigenvalue weighted by molar-refractivity contribution is 6.23. The second-order valence-electron chi connectivity index (χ2n) is 14.0. The van der Waals surface area contributed by atoms with E-state index in [2.05, 4.69) is 184 Å². The van der Waals surface area contributed by atoms with E-state index in [1.807, 2.05) is 12.3 Å². The molecule has 246 valence electrons. The van der Waals surface area contributed by atoms with Crippen LogP contribution in [-0.4, -0.2) is 18.7 Å². The Morgan fingerprint density at radius 2 is 0.849 bits per heavy atom. The van der Waals surface area contributed by atoms with Crippen LogP contribution in [0.3, 0.4) is 0 Å². The van der Waals surface area contributed by atoms with Crippen molar-refractivity contribution in [3.05, 3.63) is 182 Å². The zero-order valence-corrected chi connectivity index (χ0v) is 28.6. The summed E-state index contributed by atoms with van der Waals surface area (Å²) < 4.78 is 7.33. The second kappa shape index (κ2) is 10.7. The van der Waals surface area contributed by atoms with Gasteiger partial charge < -0.3 is 13.7 Å². The minimum absolute atomic E-state index is 0.982. The van der Waals surface area contributed by atoms with Gasteiger partial charge in [0.2, 0.25) is 0 Å². The van der Waals surface area contributed by atoms with Crippen molar-refractivity contribution in [2.45, 2.75) is 0 Å². The molecule has 8 aromatic carbocycles. The van der Waals surface area contributed by atoms with Gasteiger partial charge in [-0.3, -0.25) is 4.98 Å². The van der Waals surface area contributed by atoms with Gasteiger partial charge in [0.15, 0.2) is 0 Å². The van der Waals surface area contributed by atoms with E-state index < -0.39 is 0 Å². The molecule has 0 saturated heterocycles. The number of hydrogen-bond donors (Lipinski definition) is 0. The van der Waals surface area contributed by atoms with Crippen LogP contribution in [-0.2, 0) is 0 Å². The summed E-state index contributed by atoms with van der Waals surface area (Å²) in [5, 5.41) is 10.9. The fraction of sp³-hybridized carbons (Fsp3) is 0. The monoisotopic (exact) mass is 674 g/mol. The SMILES string of the molecule is c1cnc2c(-n3c4ccc(-n5c6ccccc6c6ccccc65)cc4c4cc(-n5c6ccccc6c6ccccc65)c5ccccc5c43)cccc2c1. The van der Waals surface area contributed by atoms with Crippen molar-refractivity contribution >= 4 is 87.1 Å². The molecule has 4 nitrogen and oxygen atoms in total. The highest BCUT2D eigenvalue weighted by atomic mass is 15.0. The minimum atomic E-state index is 0.982. The third kappa shape index (κ3) is 3.87. The highest BCUT2D eigenvalue weighted by Gasteiger charge is 2.22. The maximum atomic E-state index is 4.95. The predicted molar refractivity (Wildman–Crippen MR) is 222 cm³/mol. The molecule has 0 radical (unpaired) electrons. The van der Waals surface area contributed by atoms with Crippen molar-refractivity contribution in [1.82, 2.24) is 18.7 Å². The molecule has 12 aromatic rings. The number of para-hydroxylation sites is 5. The first-order chi connectivity index (χ1) is 26.3. The van der Waals surface area contributed by atoms with Crippen LogP contribution in [0.5, 0.6) is 0 Å². The van der Waals surface area contributed by atoms with Crippen LogP contribution in [0.1, 0.15) is 0 Å². The molecule has 12 rings (SSSR count). The summed E-state index contributed by atoms with van der Waals surface area (Å²) in [5.74, 6) is 0. The molecular weight excluding hydrogens is 645 g/mol. The van der Waals surface area contributed by atoms with Gasteiger partial charge in [-0.15, -0.1) is 0 Å². The molecule has 0 unspecified atom stereocenters. The fourth-order valence-corrected chi connectivity index (χ4v) is 9.07. The minimum Gasteiger partial charge on any atom is -0.309 e. The normalized spacial score (nSPS) is 12.2. The Balaban J connectivity index is 1.28. The fourth-order valence-electron chi connectivity index (χ4n) is 9.07. The largest absolute Gasteiger partial charge is 0.309 e. The molecule has 53 heavy (non-hydrogen) atoms. The Morgan fingerprint density at radius 3 is 1.49 bits per heavy atom. The second-order valence-corrected chi connectivity index (χ2v) is 14.0. The maximum absolute atomic E-state index is 4.95. The summed E-state index contributed by atoms with van der Waals surface area (Å²) >= 11 is 0. The van der Waals surface area contributed by atoms with Gasteiger partial charge in [-0.1, -0.05) is 115 Å².